The van der Waals surface area contributed by atoms with Crippen molar-refractivity contribution in [2.75, 3.05) is 14.2 Å². The Morgan fingerprint density at radius 2 is 1.65 bits per heavy atom. The molecule has 0 atom stereocenters. The smallest absolute Gasteiger partial charge is 0.337 e. The van der Waals surface area contributed by atoms with Gasteiger partial charge in [0.05, 0.1) is 36.8 Å². The molecule has 0 aliphatic carbocycles. The zero-order valence-electron chi connectivity index (χ0n) is 18.3. The second-order valence-electron chi connectivity index (χ2n) is 7.24. The molecule has 34 heavy (non-hydrogen) atoms. The number of benzene rings is 2. The fourth-order valence-electron chi connectivity index (χ4n) is 3.36. The molecular weight excluding hydrogens is 474 g/mol. The summed E-state index contributed by atoms with van der Waals surface area (Å²) in [5.74, 6) is -0.556. The number of nitrogens with zero attached hydrogens (tertiary/aromatic N) is 1. The summed E-state index contributed by atoms with van der Waals surface area (Å²) in [6.07, 6.45) is 1.62. The lowest BCUT2D eigenvalue weighted by molar-refractivity contribution is -0.122. The molecule has 1 amide bonds. The van der Waals surface area contributed by atoms with E-state index in [1.165, 1.54) is 32.0 Å². The number of thioether (sulfide) groups is 1. The lowest BCUT2D eigenvalue weighted by Crippen LogP contribution is -2.27. The highest BCUT2D eigenvalue weighted by Gasteiger charge is 2.32. The summed E-state index contributed by atoms with van der Waals surface area (Å²) in [7, 11) is 2.51. The lowest BCUT2D eigenvalue weighted by Gasteiger charge is -2.14. The van der Waals surface area contributed by atoms with Crippen LogP contribution in [0.1, 0.15) is 32.0 Å². The Morgan fingerprint density at radius 1 is 1.00 bits per heavy atom. The molecule has 2 aromatic carbocycles. The minimum atomic E-state index is -0.596. The summed E-state index contributed by atoms with van der Waals surface area (Å²) in [6.45, 7) is 0.392. The normalized spacial score (nSPS) is 14.5. The molecule has 4 rings (SSSR count). The Labute approximate surface area is 205 Å². The van der Waals surface area contributed by atoms with Crippen LogP contribution >= 0.6 is 24.0 Å². The first kappa shape index (κ1) is 23.5. The minimum absolute atomic E-state index is 0.181. The molecule has 2 heterocycles. The van der Waals surface area contributed by atoms with Gasteiger partial charge in [0.2, 0.25) is 0 Å². The summed E-state index contributed by atoms with van der Waals surface area (Å²) in [4.78, 5) is 39.0. The fourth-order valence-corrected chi connectivity index (χ4v) is 4.59. The summed E-state index contributed by atoms with van der Waals surface area (Å²) in [5.41, 5.74) is 1.83. The number of rotatable bonds is 6. The van der Waals surface area contributed by atoms with Crippen molar-refractivity contribution >= 4 is 52.2 Å². The first-order valence-corrected chi connectivity index (χ1v) is 11.3. The fraction of sp³-hybridized carbons (Fsp3) is 0.120. The summed E-state index contributed by atoms with van der Waals surface area (Å²) in [6, 6.07) is 17.5. The van der Waals surface area contributed by atoms with E-state index in [1.807, 2.05) is 30.3 Å². The van der Waals surface area contributed by atoms with Crippen LogP contribution in [0.3, 0.4) is 0 Å². The summed E-state index contributed by atoms with van der Waals surface area (Å²) < 4.78 is 15.9. The van der Waals surface area contributed by atoms with Gasteiger partial charge in [-0.2, -0.15) is 0 Å². The molecule has 0 spiro atoms. The van der Waals surface area contributed by atoms with Crippen LogP contribution in [0.25, 0.3) is 17.4 Å². The van der Waals surface area contributed by atoms with Crippen molar-refractivity contribution in [3.05, 3.63) is 88.0 Å². The van der Waals surface area contributed by atoms with E-state index < -0.39 is 11.9 Å². The first-order valence-electron chi connectivity index (χ1n) is 10.1. The van der Waals surface area contributed by atoms with Gasteiger partial charge in [0, 0.05) is 11.6 Å². The molecule has 1 aromatic heterocycles. The maximum atomic E-state index is 12.9. The number of amides is 1. The van der Waals surface area contributed by atoms with Crippen molar-refractivity contribution in [2.45, 2.75) is 6.54 Å². The zero-order chi connectivity index (χ0) is 24.2. The Bertz CT molecular complexity index is 1280. The van der Waals surface area contributed by atoms with Gasteiger partial charge in [-0.15, -0.1) is 0 Å². The molecule has 1 fully saturated rings. The van der Waals surface area contributed by atoms with Crippen molar-refractivity contribution < 1.29 is 28.3 Å². The predicted molar refractivity (Wildman–Crippen MR) is 132 cm³/mol. The Morgan fingerprint density at radius 3 is 2.26 bits per heavy atom. The Balaban J connectivity index is 1.60. The molecule has 1 saturated heterocycles. The number of thiocarbonyl (C=S) groups is 1. The Hall–Kier alpha value is -3.69. The number of hydrogen-bond acceptors (Lipinski definition) is 8. The third-order valence-corrected chi connectivity index (χ3v) is 6.39. The van der Waals surface area contributed by atoms with Gasteiger partial charge >= 0.3 is 11.9 Å². The SMILES string of the molecule is COC(=O)c1cc(C(=O)OC)cc(-c2ccc(C=C3SC(=S)N(Cc4ccccc4)C3=O)o2)c1. The van der Waals surface area contributed by atoms with Crippen LogP contribution in [0.4, 0.5) is 0 Å². The highest BCUT2D eigenvalue weighted by Crippen LogP contribution is 2.35. The number of carbonyl (C=O) groups is 3. The van der Waals surface area contributed by atoms with Crippen LogP contribution < -0.4 is 0 Å². The summed E-state index contributed by atoms with van der Waals surface area (Å²) in [5, 5.41) is 0. The van der Waals surface area contributed by atoms with E-state index in [2.05, 4.69) is 0 Å². The monoisotopic (exact) mass is 493 g/mol. The standard InChI is InChI=1S/C25H19NO6S2/c1-30-23(28)17-10-16(11-18(12-17)24(29)31-2)20-9-8-19(32-20)13-21-22(27)26(25(33)34-21)14-15-6-4-3-5-7-15/h3-13H,14H2,1-2H3. The Kier molecular flexibility index (Phi) is 6.95. The average Bonchev–Trinajstić information content (AvgIpc) is 3.43. The largest absolute Gasteiger partial charge is 0.465 e. The zero-order valence-corrected chi connectivity index (χ0v) is 19.9. The number of furan rings is 1. The van der Waals surface area contributed by atoms with Crippen LogP contribution in [0.5, 0.6) is 0 Å². The molecule has 1 aliphatic heterocycles. The molecule has 7 nitrogen and oxygen atoms in total. The third kappa shape index (κ3) is 4.95. The topological polar surface area (TPSA) is 86.1 Å². The van der Waals surface area contributed by atoms with E-state index in [4.69, 9.17) is 26.1 Å². The van der Waals surface area contributed by atoms with Gasteiger partial charge in [-0.3, -0.25) is 9.69 Å². The maximum Gasteiger partial charge on any atom is 0.337 e. The van der Waals surface area contributed by atoms with Crippen molar-refractivity contribution in [3.63, 3.8) is 0 Å². The van der Waals surface area contributed by atoms with Gasteiger partial charge in [0.25, 0.3) is 5.91 Å². The average molecular weight is 494 g/mol. The molecule has 1 aliphatic rings. The minimum Gasteiger partial charge on any atom is -0.465 e. The van der Waals surface area contributed by atoms with E-state index in [0.717, 1.165) is 5.56 Å². The van der Waals surface area contributed by atoms with Crippen molar-refractivity contribution in [3.8, 4) is 11.3 Å². The molecular formula is C25H19NO6S2. The molecule has 3 aromatic rings. The van der Waals surface area contributed by atoms with E-state index in [1.54, 1.807) is 35.2 Å². The van der Waals surface area contributed by atoms with Crippen LogP contribution in [0.15, 0.2) is 70.0 Å². The van der Waals surface area contributed by atoms with Gasteiger partial charge in [0.15, 0.2) is 0 Å². The number of esters is 2. The predicted octanol–water partition coefficient (Wildman–Crippen LogP) is 4.92. The summed E-state index contributed by atoms with van der Waals surface area (Å²) >= 11 is 6.61. The third-order valence-electron chi connectivity index (χ3n) is 5.02. The quantitative estimate of drug-likeness (QED) is 0.272. The number of hydrogen-bond donors (Lipinski definition) is 0. The van der Waals surface area contributed by atoms with Gasteiger partial charge < -0.3 is 13.9 Å². The van der Waals surface area contributed by atoms with E-state index in [-0.39, 0.29) is 17.0 Å². The molecule has 9 heteroatoms. The van der Waals surface area contributed by atoms with Crippen molar-refractivity contribution in [1.29, 1.82) is 0 Å². The van der Waals surface area contributed by atoms with Crippen LogP contribution in [-0.4, -0.2) is 41.3 Å². The molecule has 0 radical (unpaired) electrons. The van der Waals surface area contributed by atoms with Crippen LogP contribution in [0, 0.1) is 0 Å². The van der Waals surface area contributed by atoms with Gasteiger partial charge in [-0.05, 0) is 35.9 Å². The van der Waals surface area contributed by atoms with Gasteiger partial charge in [0.1, 0.15) is 15.8 Å². The molecule has 0 N–H and O–H groups in total. The van der Waals surface area contributed by atoms with Crippen LogP contribution in [-0.2, 0) is 20.8 Å². The first-order chi connectivity index (χ1) is 16.4. The highest BCUT2D eigenvalue weighted by molar-refractivity contribution is 8.26. The molecule has 0 saturated carbocycles. The van der Waals surface area contributed by atoms with Crippen molar-refractivity contribution in [1.82, 2.24) is 4.90 Å². The van der Waals surface area contributed by atoms with E-state index >= 15 is 0 Å². The molecule has 0 unspecified atom stereocenters. The lowest BCUT2D eigenvalue weighted by atomic mass is 10.0. The van der Waals surface area contributed by atoms with E-state index in [9.17, 15) is 14.4 Å². The number of ether oxygens (including phenoxy) is 2. The second-order valence-corrected chi connectivity index (χ2v) is 8.91. The molecule has 0 bridgehead atoms. The number of carbonyl (C=O) groups excluding carboxylic acids is 3. The maximum absolute atomic E-state index is 12.9. The highest BCUT2D eigenvalue weighted by atomic mass is 32.2. The van der Waals surface area contributed by atoms with Crippen molar-refractivity contribution in [2.24, 2.45) is 0 Å². The van der Waals surface area contributed by atoms with Crippen LogP contribution in [0.2, 0.25) is 0 Å². The second kappa shape index (κ2) is 10.1. The van der Waals surface area contributed by atoms with E-state index in [0.29, 0.717) is 32.9 Å². The number of methoxy groups -OCH3 is 2. The van der Waals surface area contributed by atoms with Gasteiger partial charge in [-0.25, -0.2) is 9.59 Å². The molecule has 172 valence electrons. The van der Waals surface area contributed by atoms with Gasteiger partial charge in [-0.1, -0.05) is 54.3 Å².